The van der Waals surface area contributed by atoms with Crippen molar-refractivity contribution >= 4 is 11.9 Å². The summed E-state index contributed by atoms with van der Waals surface area (Å²) in [6, 6.07) is -0.319. The molecule has 0 saturated carbocycles. The molecule has 1 rings (SSSR count). The third kappa shape index (κ3) is 3.67. The second-order valence-corrected chi connectivity index (χ2v) is 4.12. The lowest BCUT2D eigenvalue weighted by molar-refractivity contribution is -0.147. The molecule has 2 atom stereocenters. The SMILES string of the molecule is CNC(=O)C1COCCN1CC(C)C(=O)OC. The maximum Gasteiger partial charge on any atom is 0.309 e. The van der Waals surface area contributed by atoms with Gasteiger partial charge in [-0.3, -0.25) is 14.5 Å². The number of esters is 1. The molecule has 0 aromatic carbocycles. The van der Waals surface area contributed by atoms with Crippen molar-refractivity contribution in [3.63, 3.8) is 0 Å². The monoisotopic (exact) mass is 244 g/mol. The molecule has 1 fully saturated rings. The van der Waals surface area contributed by atoms with Crippen LogP contribution >= 0.6 is 0 Å². The number of likely N-dealkylation sites (N-methyl/N-ethyl adjacent to an activating group) is 1. The number of methoxy groups -OCH3 is 1. The minimum absolute atomic E-state index is 0.0817. The molecule has 0 aromatic heterocycles. The number of amides is 1. The Balaban J connectivity index is 2.59. The van der Waals surface area contributed by atoms with Gasteiger partial charge in [0, 0.05) is 20.1 Å². The molecule has 1 aliphatic heterocycles. The van der Waals surface area contributed by atoms with Crippen molar-refractivity contribution in [3.8, 4) is 0 Å². The highest BCUT2D eigenvalue weighted by molar-refractivity contribution is 5.81. The Hall–Kier alpha value is -1.14. The van der Waals surface area contributed by atoms with Gasteiger partial charge in [0.1, 0.15) is 6.04 Å². The fourth-order valence-electron chi connectivity index (χ4n) is 1.89. The van der Waals surface area contributed by atoms with Crippen LogP contribution in [0.3, 0.4) is 0 Å². The highest BCUT2D eigenvalue weighted by atomic mass is 16.5. The molecule has 1 aliphatic rings. The van der Waals surface area contributed by atoms with Gasteiger partial charge in [0.25, 0.3) is 0 Å². The predicted octanol–water partition coefficient (Wildman–Crippen LogP) is -0.758. The topological polar surface area (TPSA) is 67.9 Å². The van der Waals surface area contributed by atoms with E-state index in [2.05, 4.69) is 10.1 Å². The van der Waals surface area contributed by atoms with Crippen LogP contribution in [0.25, 0.3) is 0 Å². The summed E-state index contributed by atoms with van der Waals surface area (Å²) in [5, 5.41) is 2.60. The Labute approximate surface area is 101 Å². The molecule has 2 unspecified atom stereocenters. The minimum Gasteiger partial charge on any atom is -0.469 e. The van der Waals surface area contributed by atoms with Crippen molar-refractivity contribution in [1.29, 1.82) is 0 Å². The first-order valence-corrected chi connectivity index (χ1v) is 5.71. The van der Waals surface area contributed by atoms with Crippen LogP contribution in [0.4, 0.5) is 0 Å². The molecule has 1 saturated heterocycles. The molecule has 17 heavy (non-hydrogen) atoms. The van der Waals surface area contributed by atoms with Gasteiger partial charge in [0.05, 0.1) is 26.2 Å². The lowest BCUT2D eigenvalue weighted by Crippen LogP contribution is -2.54. The summed E-state index contributed by atoms with van der Waals surface area (Å²) in [6.45, 7) is 3.91. The Kier molecular flexibility index (Phi) is 5.37. The molecule has 0 radical (unpaired) electrons. The highest BCUT2D eigenvalue weighted by Crippen LogP contribution is 2.11. The first-order valence-electron chi connectivity index (χ1n) is 5.71. The van der Waals surface area contributed by atoms with Gasteiger partial charge >= 0.3 is 5.97 Å². The number of hydrogen-bond donors (Lipinski definition) is 1. The molecular weight excluding hydrogens is 224 g/mol. The van der Waals surface area contributed by atoms with Crippen LogP contribution in [0.1, 0.15) is 6.92 Å². The quantitative estimate of drug-likeness (QED) is 0.659. The predicted molar refractivity (Wildman–Crippen MR) is 61.4 cm³/mol. The van der Waals surface area contributed by atoms with Crippen LogP contribution in [0.15, 0.2) is 0 Å². The zero-order chi connectivity index (χ0) is 12.8. The lowest BCUT2D eigenvalue weighted by Gasteiger charge is -2.35. The van der Waals surface area contributed by atoms with E-state index in [0.717, 1.165) is 0 Å². The summed E-state index contributed by atoms with van der Waals surface area (Å²) in [6.07, 6.45) is 0. The van der Waals surface area contributed by atoms with Crippen LogP contribution in [0.2, 0.25) is 0 Å². The molecule has 0 bridgehead atoms. The lowest BCUT2D eigenvalue weighted by atomic mass is 10.1. The van der Waals surface area contributed by atoms with Gasteiger partial charge in [0.2, 0.25) is 5.91 Å². The first kappa shape index (κ1) is 13.9. The number of nitrogens with one attached hydrogen (secondary N) is 1. The molecular formula is C11H20N2O4. The fraction of sp³-hybridized carbons (Fsp3) is 0.818. The van der Waals surface area contributed by atoms with Gasteiger partial charge < -0.3 is 14.8 Å². The number of nitrogens with zero attached hydrogens (tertiary/aromatic N) is 1. The van der Waals surface area contributed by atoms with E-state index in [1.54, 1.807) is 14.0 Å². The zero-order valence-corrected chi connectivity index (χ0v) is 10.6. The van der Waals surface area contributed by atoms with Crippen molar-refractivity contribution in [2.24, 2.45) is 5.92 Å². The highest BCUT2D eigenvalue weighted by Gasteiger charge is 2.31. The third-order valence-corrected chi connectivity index (χ3v) is 2.90. The molecule has 0 spiro atoms. The molecule has 6 nitrogen and oxygen atoms in total. The second-order valence-electron chi connectivity index (χ2n) is 4.12. The second kappa shape index (κ2) is 6.56. The number of rotatable bonds is 4. The van der Waals surface area contributed by atoms with Gasteiger partial charge in [0.15, 0.2) is 0 Å². The minimum atomic E-state index is -0.319. The summed E-state index contributed by atoms with van der Waals surface area (Å²) in [5.74, 6) is -0.584. The summed E-state index contributed by atoms with van der Waals surface area (Å²) < 4.78 is 9.96. The molecule has 1 amide bonds. The van der Waals surface area contributed by atoms with Crippen molar-refractivity contribution in [3.05, 3.63) is 0 Å². The van der Waals surface area contributed by atoms with Crippen LogP contribution in [-0.2, 0) is 19.1 Å². The average Bonchev–Trinajstić information content (AvgIpc) is 2.37. The van der Waals surface area contributed by atoms with E-state index in [4.69, 9.17) is 4.74 Å². The van der Waals surface area contributed by atoms with E-state index in [1.165, 1.54) is 7.11 Å². The van der Waals surface area contributed by atoms with E-state index in [-0.39, 0.29) is 23.8 Å². The van der Waals surface area contributed by atoms with Gasteiger partial charge in [-0.15, -0.1) is 0 Å². The van der Waals surface area contributed by atoms with Crippen LogP contribution < -0.4 is 5.32 Å². The first-order chi connectivity index (χ1) is 8.10. The van der Waals surface area contributed by atoms with Gasteiger partial charge in [-0.2, -0.15) is 0 Å². The van der Waals surface area contributed by atoms with Gasteiger partial charge in [-0.1, -0.05) is 6.92 Å². The summed E-state index contributed by atoms with van der Waals surface area (Å²) in [4.78, 5) is 25.0. The third-order valence-electron chi connectivity index (χ3n) is 2.90. The Morgan fingerprint density at radius 3 is 2.88 bits per heavy atom. The normalized spacial score (nSPS) is 22.9. The van der Waals surface area contributed by atoms with E-state index in [9.17, 15) is 9.59 Å². The van der Waals surface area contributed by atoms with Crippen molar-refractivity contribution in [2.45, 2.75) is 13.0 Å². The van der Waals surface area contributed by atoms with E-state index in [0.29, 0.717) is 26.3 Å². The maximum atomic E-state index is 11.6. The number of ether oxygens (including phenoxy) is 2. The largest absolute Gasteiger partial charge is 0.469 e. The van der Waals surface area contributed by atoms with Crippen LogP contribution in [-0.4, -0.2) is 63.3 Å². The van der Waals surface area contributed by atoms with Crippen molar-refractivity contribution in [1.82, 2.24) is 10.2 Å². The van der Waals surface area contributed by atoms with Crippen molar-refractivity contribution in [2.75, 3.05) is 40.5 Å². The zero-order valence-electron chi connectivity index (χ0n) is 10.6. The Morgan fingerprint density at radius 2 is 2.29 bits per heavy atom. The summed E-state index contributed by atoms with van der Waals surface area (Å²) >= 11 is 0. The number of carbonyl (C=O) groups excluding carboxylic acids is 2. The van der Waals surface area contributed by atoms with Gasteiger partial charge in [-0.25, -0.2) is 0 Å². The van der Waals surface area contributed by atoms with E-state index in [1.807, 2.05) is 4.90 Å². The van der Waals surface area contributed by atoms with E-state index >= 15 is 0 Å². The van der Waals surface area contributed by atoms with Gasteiger partial charge in [-0.05, 0) is 0 Å². The Bertz CT molecular complexity index is 283. The molecule has 0 aromatic rings. The molecule has 1 N–H and O–H groups in total. The standard InChI is InChI=1S/C11H20N2O4/c1-8(11(15)16-3)6-13-4-5-17-7-9(13)10(14)12-2/h8-9H,4-7H2,1-3H3,(H,12,14). The van der Waals surface area contributed by atoms with E-state index < -0.39 is 0 Å². The number of morpholine rings is 1. The van der Waals surface area contributed by atoms with Crippen LogP contribution in [0.5, 0.6) is 0 Å². The summed E-state index contributed by atoms with van der Waals surface area (Å²) in [5.41, 5.74) is 0. The molecule has 0 aliphatic carbocycles. The smallest absolute Gasteiger partial charge is 0.309 e. The Morgan fingerprint density at radius 1 is 1.59 bits per heavy atom. The number of carbonyl (C=O) groups is 2. The molecule has 6 heteroatoms. The number of hydrogen-bond acceptors (Lipinski definition) is 5. The average molecular weight is 244 g/mol. The molecule has 98 valence electrons. The van der Waals surface area contributed by atoms with Crippen molar-refractivity contribution < 1.29 is 19.1 Å². The maximum absolute atomic E-state index is 11.6. The fourth-order valence-corrected chi connectivity index (χ4v) is 1.89. The molecule has 1 heterocycles. The van der Waals surface area contributed by atoms with Crippen LogP contribution in [0, 0.1) is 5.92 Å². The summed E-state index contributed by atoms with van der Waals surface area (Å²) in [7, 11) is 2.97.